The molecule has 1 aliphatic heterocycles. The number of rotatable bonds is 0. The summed E-state index contributed by atoms with van der Waals surface area (Å²) in [5, 5.41) is -0.375. The van der Waals surface area contributed by atoms with Crippen LogP contribution in [0.15, 0.2) is 0 Å². The Kier molecular flexibility index (Phi) is 1.19. The second kappa shape index (κ2) is 1.70. The number of cyclic esters (lactones) is 1. The lowest BCUT2D eigenvalue weighted by Crippen LogP contribution is -2.04. The highest BCUT2D eigenvalue weighted by Crippen LogP contribution is 2.11. The van der Waals surface area contributed by atoms with Crippen LogP contribution in [0.5, 0.6) is 0 Å². The molecule has 1 rings (SSSR count). The molecule has 0 aromatic heterocycles. The van der Waals surface area contributed by atoms with Crippen molar-refractivity contribution in [2.45, 2.75) is 11.8 Å². The highest BCUT2D eigenvalue weighted by molar-refractivity contribution is 6.30. The van der Waals surface area contributed by atoms with Crippen LogP contribution in [0.25, 0.3) is 0 Å². The summed E-state index contributed by atoms with van der Waals surface area (Å²) in [6.07, 6.45) is 0.667. The Morgan fingerprint density at radius 2 is 2.57 bits per heavy atom. The standard InChI is InChI=1S/C4H5ClO2/c5-3-1-2-7-4(3)6/h3H,1-2H2. The lowest BCUT2D eigenvalue weighted by atomic mass is 10.4. The summed E-state index contributed by atoms with van der Waals surface area (Å²) in [5.41, 5.74) is 0. The van der Waals surface area contributed by atoms with Gasteiger partial charge in [0.1, 0.15) is 5.38 Å². The van der Waals surface area contributed by atoms with E-state index in [9.17, 15) is 4.79 Å². The summed E-state index contributed by atoms with van der Waals surface area (Å²) in [4.78, 5) is 10.2. The van der Waals surface area contributed by atoms with Gasteiger partial charge in [0, 0.05) is 6.42 Å². The molecule has 2 nitrogen and oxygen atoms in total. The van der Waals surface area contributed by atoms with Gasteiger partial charge in [-0.1, -0.05) is 0 Å². The highest BCUT2D eigenvalue weighted by atomic mass is 35.5. The minimum atomic E-state index is -0.375. The number of hydrogen-bond acceptors (Lipinski definition) is 2. The van der Waals surface area contributed by atoms with Crippen molar-refractivity contribution in [3.8, 4) is 0 Å². The van der Waals surface area contributed by atoms with E-state index in [1.807, 2.05) is 0 Å². The third-order valence-electron chi connectivity index (χ3n) is 0.871. The Hall–Kier alpha value is -0.240. The van der Waals surface area contributed by atoms with Crippen molar-refractivity contribution in [2.75, 3.05) is 6.61 Å². The van der Waals surface area contributed by atoms with Crippen LogP contribution < -0.4 is 0 Å². The summed E-state index contributed by atoms with van der Waals surface area (Å²) in [6.45, 7) is 0.493. The van der Waals surface area contributed by atoms with Crippen LogP contribution in [0.1, 0.15) is 6.42 Å². The van der Waals surface area contributed by atoms with Gasteiger partial charge in [-0.05, 0) is 0 Å². The zero-order valence-electron chi connectivity index (χ0n) is 3.69. The summed E-state index contributed by atoms with van der Waals surface area (Å²) in [6, 6.07) is 0. The van der Waals surface area contributed by atoms with Crippen LogP contribution in [0.2, 0.25) is 0 Å². The molecule has 0 aliphatic carbocycles. The zero-order valence-corrected chi connectivity index (χ0v) is 4.44. The van der Waals surface area contributed by atoms with Crippen LogP contribution in [-0.2, 0) is 9.53 Å². The Balaban J connectivity index is 2.48. The number of esters is 1. The van der Waals surface area contributed by atoms with Crippen molar-refractivity contribution in [3.05, 3.63) is 0 Å². The van der Waals surface area contributed by atoms with E-state index in [4.69, 9.17) is 11.6 Å². The third-order valence-corrected chi connectivity index (χ3v) is 1.27. The summed E-state index contributed by atoms with van der Waals surface area (Å²) >= 11 is 5.39. The molecule has 1 saturated heterocycles. The van der Waals surface area contributed by atoms with Gasteiger partial charge in [-0.3, -0.25) is 4.79 Å². The van der Waals surface area contributed by atoms with Crippen LogP contribution in [0, 0.1) is 0 Å². The first kappa shape index (κ1) is 4.91. The van der Waals surface area contributed by atoms with Crippen molar-refractivity contribution >= 4 is 17.6 Å². The van der Waals surface area contributed by atoms with E-state index in [-0.39, 0.29) is 11.3 Å². The van der Waals surface area contributed by atoms with Crippen molar-refractivity contribution in [1.29, 1.82) is 0 Å². The molecular weight excluding hydrogens is 115 g/mol. The van der Waals surface area contributed by atoms with Gasteiger partial charge in [0.05, 0.1) is 6.61 Å². The molecule has 1 unspecified atom stereocenters. The maximum Gasteiger partial charge on any atom is 0.324 e. The molecule has 0 saturated carbocycles. The average Bonchev–Trinajstić information content (AvgIpc) is 1.91. The van der Waals surface area contributed by atoms with Crippen molar-refractivity contribution in [3.63, 3.8) is 0 Å². The molecule has 40 valence electrons. The van der Waals surface area contributed by atoms with Crippen molar-refractivity contribution in [1.82, 2.24) is 0 Å². The molecule has 1 atom stereocenters. The fourth-order valence-electron chi connectivity index (χ4n) is 0.471. The largest absolute Gasteiger partial charge is 0.465 e. The van der Waals surface area contributed by atoms with Gasteiger partial charge in [-0.25, -0.2) is 0 Å². The van der Waals surface area contributed by atoms with E-state index in [0.717, 1.165) is 0 Å². The quantitative estimate of drug-likeness (QED) is 0.345. The van der Waals surface area contributed by atoms with E-state index < -0.39 is 0 Å². The number of hydrogen-bond donors (Lipinski definition) is 0. The van der Waals surface area contributed by atoms with E-state index in [2.05, 4.69) is 4.74 Å². The van der Waals surface area contributed by atoms with E-state index >= 15 is 0 Å². The second-order valence-electron chi connectivity index (χ2n) is 1.42. The van der Waals surface area contributed by atoms with Gasteiger partial charge in [-0.2, -0.15) is 0 Å². The first-order valence-electron chi connectivity index (χ1n) is 2.11. The predicted molar refractivity (Wildman–Crippen MR) is 25.2 cm³/mol. The first-order chi connectivity index (χ1) is 3.30. The Labute approximate surface area is 46.4 Å². The fourth-order valence-corrected chi connectivity index (χ4v) is 0.623. The van der Waals surface area contributed by atoms with Crippen molar-refractivity contribution < 1.29 is 9.53 Å². The maximum absolute atomic E-state index is 10.2. The monoisotopic (exact) mass is 120 g/mol. The molecule has 3 heteroatoms. The number of carbonyl (C=O) groups excluding carboxylic acids is 1. The summed E-state index contributed by atoms with van der Waals surface area (Å²) < 4.78 is 4.49. The van der Waals surface area contributed by atoms with Gasteiger partial charge < -0.3 is 4.74 Å². The van der Waals surface area contributed by atoms with Crippen LogP contribution in [0.4, 0.5) is 0 Å². The maximum atomic E-state index is 10.2. The Morgan fingerprint density at radius 3 is 2.71 bits per heavy atom. The van der Waals surface area contributed by atoms with Crippen LogP contribution in [0.3, 0.4) is 0 Å². The van der Waals surface area contributed by atoms with Gasteiger partial charge in [0.2, 0.25) is 0 Å². The number of ether oxygens (including phenoxy) is 1. The normalized spacial score (nSPS) is 30.4. The highest BCUT2D eigenvalue weighted by Gasteiger charge is 2.22. The average molecular weight is 121 g/mol. The van der Waals surface area contributed by atoms with Gasteiger partial charge in [0.25, 0.3) is 0 Å². The lowest BCUT2D eigenvalue weighted by Gasteiger charge is -1.86. The predicted octanol–water partition coefficient (Wildman–Crippen LogP) is 0.541. The van der Waals surface area contributed by atoms with Crippen molar-refractivity contribution in [2.24, 2.45) is 0 Å². The zero-order chi connectivity index (χ0) is 5.28. The molecule has 0 aromatic rings. The van der Waals surface area contributed by atoms with E-state index in [1.165, 1.54) is 0 Å². The summed E-state index contributed by atoms with van der Waals surface area (Å²) in [5.74, 6) is -0.276. The minimum Gasteiger partial charge on any atom is -0.465 e. The van der Waals surface area contributed by atoms with Crippen LogP contribution >= 0.6 is 11.6 Å². The molecular formula is C4H5ClO2. The molecule has 0 aromatic carbocycles. The first-order valence-corrected chi connectivity index (χ1v) is 2.55. The minimum absolute atomic E-state index is 0.276. The van der Waals surface area contributed by atoms with Gasteiger partial charge in [-0.15, -0.1) is 11.6 Å². The van der Waals surface area contributed by atoms with E-state index in [0.29, 0.717) is 13.0 Å². The molecule has 0 spiro atoms. The second-order valence-corrected chi connectivity index (χ2v) is 1.95. The number of halogens is 1. The van der Waals surface area contributed by atoms with Gasteiger partial charge >= 0.3 is 5.97 Å². The molecule has 0 radical (unpaired) electrons. The molecule has 0 bridgehead atoms. The topological polar surface area (TPSA) is 26.3 Å². The molecule has 1 aliphatic rings. The SMILES string of the molecule is O=C1OCCC1Cl. The lowest BCUT2D eigenvalue weighted by molar-refractivity contribution is -0.137. The molecule has 7 heavy (non-hydrogen) atoms. The summed E-state index contributed by atoms with van der Waals surface area (Å²) in [7, 11) is 0. The third kappa shape index (κ3) is 0.855. The smallest absolute Gasteiger partial charge is 0.324 e. The molecule has 1 heterocycles. The van der Waals surface area contributed by atoms with E-state index in [1.54, 1.807) is 0 Å². The molecule has 1 fully saturated rings. The van der Waals surface area contributed by atoms with Crippen LogP contribution in [-0.4, -0.2) is 18.0 Å². The number of alkyl halides is 1. The molecule has 0 amide bonds. The number of carbonyl (C=O) groups is 1. The molecule has 0 N–H and O–H groups in total. The fraction of sp³-hybridized carbons (Fsp3) is 0.750. The Morgan fingerprint density at radius 1 is 1.86 bits per heavy atom. The van der Waals surface area contributed by atoms with Gasteiger partial charge in [0.15, 0.2) is 0 Å². The Bertz CT molecular complexity index is 91.7.